The number of amides is 1. The molecule has 0 heterocycles. The number of hydrogen-bond donors (Lipinski definition) is 2. The molecule has 0 bridgehead atoms. The van der Waals surface area contributed by atoms with Crippen LogP contribution in [0.25, 0.3) is 0 Å². The first-order valence-electron chi connectivity index (χ1n) is 8.28. The lowest BCUT2D eigenvalue weighted by molar-refractivity contribution is -0.151. The summed E-state index contributed by atoms with van der Waals surface area (Å²) < 4.78 is 31.4. The van der Waals surface area contributed by atoms with Gasteiger partial charge in [0.05, 0.1) is 16.5 Å². The molecule has 0 saturated carbocycles. The monoisotopic (exact) mass is 401 g/mol. The van der Waals surface area contributed by atoms with Gasteiger partial charge in [0.1, 0.15) is 6.54 Å². The standard InChI is InChI=1S/C19H19N3O5S/c1-13-4-3-5-16(10-13)22-19(24)14(2)27-18(23)12-21-28(25,26)17-8-6-15(11-20)7-9-17/h3-10,14,21H,12H2,1-2H3,(H,22,24)/t14-/m1/s1. The van der Waals surface area contributed by atoms with Crippen molar-refractivity contribution in [3.05, 3.63) is 59.7 Å². The minimum absolute atomic E-state index is 0.0930. The van der Waals surface area contributed by atoms with Crippen LogP contribution in [-0.2, 0) is 24.3 Å². The Balaban J connectivity index is 1.88. The fourth-order valence-corrected chi connectivity index (χ4v) is 3.17. The Morgan fingerprint density at radius 1 is 1.18 bits per heavy atom. The molecule has 1 atom stereocenters. The van der Waals surface area contributed by atoms with Crippen molar-refractivity contribution < 1.29 is 22.7 Å². The minimum Gasteiger partial charge on any atom is -0.452 e. The molecule has 0 aliphatic rings. The molecule has 0 unspecified atom stereocenters. The summed E-state index contributed by atoms with van der Waals surface area (Å²) in [6.07, 6.45) is -1.10. The zero-order chi connectivity index (χ0) is 20.7. The first kappa shape index (κ1) is 21.1. The van der Waals surface area contributed by atoms with Crippen molar-refractivity contribution in [3.63, 3.8) is 0 Å². The van der Waals surface area contributed by atoms with Gasteiger partial charge < -0.3 is 10.1 Å². The van der Waals surface area contributed by atoms with Gasteiger partial charge >= 0.3 is 5.97 Å². The largest absolute Gasteiger partial charge is 0.452 e. The van der Waals surface area contributed by atoms with Gasteiger partial charge in [0.2, 0.25) is 10.0 Å². The maximum atomic E-state index is 12.1. The predicted molar refractivity (Wildman–Crippen MR) is 102 cm³/mol. The topological polar surface area (TPSA) is 125 Å². The lowest BCUT2D eigenvalue weighted by Gasteiger charge is -2.14. The molecule has 1 amide bonds. The molecule has 0 aliphatic heterocycles. The number of ether oxygens (including phenoxy) is 1. The van der Waals surface area contributed by atoms with Crippen LogP contribution in [0.15, 0.2) is 53.4 Å². The smallest absolute Gasteiger partial charge is 0.321 e. The van der Waals surface area contributed by atoms with E-state index in [0.29, 0.717) is 11.3 Å². The van der Waals surface area contributed by atoms with Gasteiger partial charge in [-0.3, -0.25) is 9.59 Å². The summed E-state index contributed by atoms with van der Waals surface area (Å²) in [7, 11) is -3.95. The molecule has 0 aliphatic carbocycles. The summed E-state index contributed by atoms with van der Waals surface area (Å²) in [6, 6.07) is 14.2. The van der Waals surface area contributed by atoms with Crippen LogP contribution in [0, 0.1) is 18.3 Å². The van der Waals surface area contributed by atoms with Crippen LogP contribution in [0.1, 0.15) is 18.1 Å². The van der Waals surface area contributed by atoms with E-state index in [1.54, 1.807) is 18.2 Å². The van der Waals surface area contributed by atoms with E-state index in [-0.39, 0.29) is 4.90 Å². The number of hydrogen-bond acceptors (Lipinski definition) is 6. The Kier molecular flexibility index (Phi) is 6.87. The molecule has 2 aromatic carbocycles. The number of sulfonamides is 1. The van der Waals surface area contributed by atoms with Gasteiger partial charge in [-0.1, -0.05) is 12.1 Å². The predicted octanol–water partition coefficient (Wildman–Crippen LogP) is 1.72. The zero-order valence-electron chi connectivity index (χ0n) is 15.3. The summed E-state index contributed by atoms with van der Waals surface area (Å²) >= 11 is 0. The summed E-state index contributed by atoms with van der Waals surface area (Å²) in [4.78, 5) is 23.9. The van der Waals surface area contributed by atoms with Crippen molar-refractivity contribution in [1.82, 2.24) is 4.72 Å². The highest BCUT2D eigenvalue weighted by Gasteiger charge is 2.20. The van der Waals surface area contributed by atoms with Gasteiger partial charge in [-0.15, -0.1) is 0 Å². The van der Waals surface area contributed by atoms with E-state index in [1.807, 2.05) is 19.1 Å². The second-order valence-electron chi connectivity index (χ2n) is 5.95. The number of rotatable bonds is 7. The van der Waals surface area contributed by atoms with Crippen molar-refractivity contribution >= 4 is 27.6 Å². The molecule has 2 rings (SSSR count). The highest BCUT2D eigenvalue weighted by molar-refractivity contribution is 7.89. The molecule has 0 spiro atoms. The van der Waals surface area contributed by atoms with E-state index in [1.165, 1.54) is 31.2 Å². The number of carbonyl (C=O) groups excluding carboxylic acids is 2. The Bertz CT molecular complexity index is 1010. The number of esters is 1. The van der Waals surface area contributed by atoms with Crippen LogP contribution in [0.5, 0.6) is 0 Å². The molecule has 146 valence electrons. The van der Waals surface area contributed by atoms with Crippen LogP contribution < -0.4 is 10.0 Å². The molecule has 2 aromatic rings. The maximum absolute atomic E-state index is 12.1. The van der Waals surface area contributed by atoms with E-state index in [2.05, 4.69) is 10.0 Å². The SMILES string of the molecule is Cc1cccc(NC(=O)[C@@H](C)OC(=O)CNS(=O)(=O)c2ccc(C#N)cc2)c1. The van der Waals surface area contributed by atoms with E-state index >= 15 is 0 Å². The average Bonchev–Trinajstić information content (AvgIpc) is 2.66. The van der Waals surface area contributed by atoms with Crippen molar-refractivity contribution in [2.45, 2.75) is 24.8 Å². The first-order chi connectivity index (χ1) is 13.2. The van der Waals surface area contributed by atoms with Crippen LogP contribution in [0.3, 0.4) is 0 Å². The molecule has 2 N–H and O–H groups in total. The van der Waals surface area contributed by atoms with Gasteiger partial charge in [0.15, 0.2) is 6.10 Å². The van der Waals surface area contributed by atoms with Crippen LogP contribution in [0.2, 0.25) is 0 Å². The Hall–Kier alpha value is -3.22. The van der Waals surface area contributed by atoms with Gasteiger partial charge in [0.25, 0.3) is 5.91 Å². The molecular weight excluding hydrogens is 382 g/mol. The molecule has 9 heteroatoms. The lowest BCUT2D eigenvalue weighted by atomic mass is 10.2. The number of anilines is 1. The number of carbonyl (C=O) groups is 2. The van der Waals surface area contributed by atoms with E-state index in [0.717, 1.165) is 5.56 Å². The highest BCUT2D eigenvalue weighted by Crippen LogP contribution is 2.11. The van der Waals surface area contributed by atoms with E-state index in [9.17, 15) is 18.0 Å². The van der Waals surface area contributed by atoms with Gasteiger partial charge in [-0.25, -0.2) is 8.42 Å². The molecule has 0 fully saturated rings. The second-order valence-corrected chi connectivity index (χ2v) is 7.72. The Labute approximate surface area is 163 Å². The third-order valence-electron chi connectivity index (χ3n) is 3.66. The van der Waals surface area contributed by atoms with Gasteiger partial charge in [0, 0.05) is 5.69 Å². The third-order valence-corrected chi connectivity index (χ3v) is 5.08. The molecular formula is C19H19N3O5S. The fraction of sp³-hybridized carbons (Fsp3) is 0.211. The van der Waals surface area contributed by atoms with Crippen molar-refractivity contribution in [2.24, 2.45) is 0 Å². The Morgan fingerprint density at radius 2 is 1.86 bits per heavy atom. The summed E-state index contributed by atoms with van der Waals surface area (Å²) in [5.41, 5.74) is 1.83. The zero-order valence-corrected chi connectivity index (χ0v) is 16.1. The maximum Gasteiger partial charge on any atom is 0.321 e. The summed E-state index contributed by atoms with van der Waals surface area (Å²) in [5.74, 6) is -1.43. The number of nitrogens with zero attached hydrogens (tertiary/aromatic N) is 1. The quantitative estimate of drug-likeness (QED) is 0.681. The third kappa shape index (κ3) is 5.90. The van der Waals surface area contributed by atoms with E-state index in [4.69, 9.17) is 10.00 Å². The lowest BCUT2D eigenvalue weighted by Crippen LogP contribution is -2.35. The second kappa shape index (κ2) is 9.12. The van der Waals surface area contributed by atoms with Crippen LogP contribution in [-0.4, -0.2) is 32.9 Å². The fourth-order valence-electron chi connectivity index (χ4n) is 2.20. The molecule has 8 nitrogen and oxygen atoms in total. The summed E-state index contributed by atoms with van der Waals surface area (Å²) in [5, 5.41) is 11.3. The Morgan fingerprint density at radius 3 is 2.46 bits per heavy atom. The van der Waals surface area contributed by atoms with Crippen molar-refractivity contribution in [3.8, 4) is 6.07 Å². The summed E-state index contributed by atoms with van der Waals surface area (Å²) in [6.45, 7) is 2.63. The van der Waals surface area contributed by atoms with Gasteiger partial charge in [-0.2, -0.15) is 9.98 Å². The number of nitrogens with one attached hydrogen (secondary N) is 2. The molecule has 28 heavy (non-hydrogen) atoms. The highest BCUT2D eigenvalue weighted by atomic mass is 32.2. The minimum atomic E-state index is -3.95. The van der Waals surface area contributed by atoms with Crippen LogP contribution >= 0.6 is 0 Å². The molecule has 0 saturated heterocycles. The normalized spacial score (nSPS) is 11.9. The van der Waals surface area contributed by atoms with Crippen LogP contribution in [0.4, 0.5) is 5.69 Å². The van der Waals surface area contributed by atoms with Crippen molar-refractivity contribution in [2.75, 3.05) is 11.9 Å². The van der Waals surface area contributed by atoms with Gasteiger partial charge in [-0.05, 0) is 55.8 Å². The van der Waals surface area contributed by atoms with Crippen molar-refractivity contribution in [1.29, 1.82) is 5.26 Å². The molecule has 0 aromatic heterocycles. The first-order valence-corrected chi connectivity index (χ1v) is 9.76. The van der Waals surface area contributed by atoms with E-state index < -0.39 is 34.5 Å². The average molecular weight is 401 g/mol. The number of aryl methyl sites for hydroxylation is 1. The number of benzene rings is 2. The number of nitriles is 1. The molecule has 0 radical (unpaired) electrons.